The van der Waals surface area contributed by atoms with Crippen LogP contribution in [0.4, 0.5) is 0 Å². The molecule has 0 amide bonds. The first-order valence-electron chi connectivity index (χ1n) is 19.9. The van der Waals surface area contributed by atoms with Gasteiger partial charge in [0.15, 0.2) is 0 Å². The minimum atomic E-state index is -0.660. The first kappa shape index (κ1) is 44.3. The van der Waals surface area contributed by atoms with Gasteiger partial charge in [-0.05, 0) is 0 Å². The number of carbonyl (C=O) groups is 2. The van der Waals surface area contributed by atoms with Crippen LogP contribution in [-0.2, 0) is 34.9 Å². The molecule has 0 aromatic carbocycles. The Bertz CT molecular complexity index is 650. The molecule has 45 heavy (non-hydrogen) atoms. The second-order valence-corrected chi connectivity index (χ2v) is 14.1. The zero-order chi connectivity index (χ0) is 32.9. The summed E-state index contributed by atoms with van der Waals surface area (Å²) in [4.78, 5) is 33.4. The third-order valence-corrected chi connectivity index (χ3v) is 9.46. The molecule has 0 atom stereocenters. The molecule has 0 aromatic heterocycles. The number of unbranched alkanes of at least 4 members (excludes halogenated alkanes) is 31. The number of carbonyl (C=O) groups excluding carboxylic acids is 2. The average molecular weight is 676 g/mol. The Labute approximate surface area is 289 Å². The fourth-order valence-electron chi connectivity index (χ4n) is 5.98. The molecule has 0 aliphatic rings. The topological polar surface area (TPSA) is 52.6 Å². The van der Waals surface area contributed by atoms with E-state index in [2.05, 4.69) is 29.4 Å². The molecule has 0 rings (SSSR count). The molecule has 0 heterocycles. The summed E-state index contributed by atoms with van der Waals surface area (Å²) < 4.78 is 0.269. The van der Waals surface area contributed by atoms with Crippen LogP contribution < -0.4 is 0 Å². The quantitative estimate of drug-likeness (QED) is 0.0218. The van der Waals surface area contributed by atoms with E-state index < -0.39 is 11.9 Å². The molecular formula is C40H75FeO4. The Morgan fingerprint density at radius 2 is 0.711 bits per heavy atom. The average Bonchev–Trinajstić information content (AvgIpc) is 3.04. The van der Waals surface area contributed by atoms with Crippen LogP contribution in [0.15, 0.2) is 0 Å². The van der Waals surface area contributed by atoms with Crippen molar-refractivity contribution >= 4 is 16.4 Å². The second-order valence-electron chi connectivity index (χ2n) is 13.5. The minimum absolute atomic E-state index is 0.269. The van der Waals surface area contributed by atoms with E-state index in [1.165, 1.54) is 180 Å². The third-order valence-electron chi connectivity index (χ3n) is 9.01. The van der Waals surface area contributed by atoms with Gasteiger partial charge in [-0.1, -0.05) is 123 Å². The maximum atomic E-state index is 12.0. The van der Waals surface area contributed by atoms with Gasteiger partial charge in [0.05, 0.1) is 0 Å². The van der Waals surface area contributed by atoms with Crippen molar-refractivity contribution in [2.24, 2.45) is 0 Å². The standard InChI is InChI=1S/C40H75O4.Fe/c1-3-5-7-9-11-13-15-17-19-21-23-25-27-29-31-33-35-37-39(41)43-44-40(42)38-36-34-32-30-28-26-24-22-20-18-16-14-12-10-8-6-4-2;/h35H,3-34,36,38H2,1-2H3;/q-1;+1. The molecule has 4 nitrogen and oxygen atoms in total. The van der Waals surface area contributed by atoms with E-state index in [0.717, 1.165) is 32.1 Å². The van der Waals surface area contributed by atoms with E-state index in [0.29, 0.717) is 6.42 Å². The summed E-state index contributed by atoms with van der Waals surface area (Å²) in [6.07, 6.45) is 45.2. The molecule has 0 radical (unpaired) electrons. The summed E-state index contributed by atoms with van der Waals surface area (Å²) >= 11 is 3.77. The fourth-order valence-corrected chi connectivity index (χ4v) is 6.19. The molecule has 0 aromatic rings. The number of hydrogen-bond acceptors (Lipinski definition) is 4. The van der Waals surface area contributed by atoms with E-state index in [4.69, 9.17) is 9.78 Å². The molecule has 0 spiro atoms. The molecule has 0 N–H and O–H groups in total. The van der Waals surface area contributed by atoms with Crippen LogP contribution >= 0.6 is 0 Å². The van der Waals surface area contributed by atoms with Crippen molar-refractivity contribution in [1.82, 2.24) is 0 Å². The van der Waals surface area contributed by atoms with Gasteiger partial charge in [-0.3, -0.25) is 0 Å². The van der Waals surface area contributed by atoms with Crippen LogP contribution in [0.2, 0.25) is 0 Å². The Morgan fingerprint density at radius 3 is 1.04 bits per heavy atom. The van der Waals surface area contributed by atoms with Crippen LogP contribution in [-0.4, -0.2) is 16.4 Å². The first-order valence-corrected chi connectivity index (χ1v) is 20.4. The molecule has 0 aliphatic heterocycles. The predicted molar refractivity (Wildman–Crippen MR) is 190 cm³/mol. The Balaban J connectivity index is 3.38. The van der Waals surface area contributed by atoms with E-state index >= 15 is 0 Å². The summed E-state index contributed by atoms with van der Waals surface area (Å²) in [6, 6.07) is 0. The zero-order valence-electron chi connectivity index (χ0n) is 30.1. The molecule has 0 bridgehead atoms. The Kier molecular flexibility index (Phi) is 37.2. The van der Waals surface area contributed by atoms with Gasteiger partial charge in [-0.25, -0.2) is 0 Å². The van der Waals surface area contributed by atoms with E-state index in [1.54, 1.807) is 6.42 Å². The molecule has 0 unspecified atom stereocenters. The van der Waals surface area contributed by atoms with Crippen molar-refractivity contribution in [2.45, 2.75) is 232 Å². The zero-order valence-corrected chi connectivity index (χ0v) is 31.2. The van der Waals surface area contributed by atoms with Gasteiger partial charge >= 0.3 is 167 Å². The summed E-state index contributed by atoms with van der Waals surface area (Å²) in [7, 11) is 0. The van der Waals surface area contributed by atoms with Crippen molar-refractivity contribution in [1.29, 1.82) is 0 Å². The fraction of sp³-hybridized carbons (Fsp3) is 0.900. The van der Waals surface area contributed by atoms with Gasteiger partial charge in [0.2, 0.25) is 0 Å². The predicted octanol–water partition coefficient (Wildman–Crippen LogP) is 13.2. The maximum absolute atomic E-state index is 12.0. The van der Waals surface area contributed by atoms with E-state index in [-0.39, 0.29) is 4.42 Å². The summed E-state index contributed by atoms with van der Waals surface area (Å²) in [5.74, 6) is -1.13. The van der Waals surface area contributed by atoms with Crippen molar-refractivity contribution in [3.05, 3.63) is 6.42 Å². The Morgan fingerprint density at radius 1 is 0.422 bits per heavy atom. The van der Waals surface area contributed by atoms with Gasteiger partial charge in [0.25, 0.3) is 0 Å². The van der Waals surface area contributed by atoms with Crippen LogP contribution in [0.1, 0.15) is 232 Å². The van der Waals surface area contributed by atoms with E-state index in [9.17, 15) is 9.59 Å². The number of rotatable bonds is 36. The Hall–Kier alpha value is -0.671. The smallest absolute Gasteiger partial charge is 0.0654 e. The van der Waals surface area contributed by atoms with Gasteiger partial charge in [-0.15, -0.1) is 0 Å². The molecule has 0 fully saturated rings. The van der Waals surface area contributed by atoms with Crippen LogP contribution in [0.5, 0.6) is 0 Å². The molecule has 5 heteroatoms. The molecular weight excluding hydrogens is 600 g/mol. The monoisotopic (exact) mass is 676 g/mol. The molecule has 0 saturated heterocycles. The van der Waals surface area contributed by atoms with Crippen molar-refractivity contribution < 1.29 is 34.9 Å². The normalized spacial score (nSPS) is 11.2. The van der Waals surface area contributed by atoms with E-state index in [1.807, 2.05) is 0 Å². The second kappa shape index (κ2) is 37.8. The minimum Gasteiger partial charge on any atom is -0.0654 e. The third kappa shape index (κ3) is 36.0. The summed E-state index contributed by atoms with van der Waals surface area (Å²) in [5, 5.41) is 0. The van der Waals surface area contributed by atoms with Gasteiger partial charge in [-0.2, -0.15) is 0 Å². The van der Waals surface area contributed by atoms with Crippen molar-refractivity contribution in [2.75, 3.05) is 0 Å². The van der Waals surface area contributed by atoms with Crippen LogP contribution in [0.25, 0.3) is 0 Å². The molecule has 0 aliphatic carbocycles. The van der Waals surface area contributed by atoms with Gasteiger partial charge < -0.3 is 0 Å². The first-order chi connectivity index (χ1) is 22.1. The van der Waals surface area contributed by atoms with Gasteiger partial charge in [0, 0.05) is 0 Å². The summed E-state index contributed by atoms with van der Waals surface area (Å²) in [6.45, 7) is 4.55. The van der Waals surface area contributed by atoms with Crippen molar-refractivity contribution in [3.8, 4) is 0 Å². The number of hydrogen-bond donors (Lipinski definition) is 0. The van der Waals surface area contributed by atoms with Crippen LogP contribution in [0, 0.1) is 6.42 Å². The molecule has 267 valence electrons. The van der Waals surface area contributed by atoms with Crippen molar-refractivity contribution in [3.63, 3.8) is 0 Å². The SMILES string of the molecule is CCCCCCCCCCCCCCCCC[CH-][C](=[Fe+])C(=O)OOC(=O)CCCCCCCCCCCCCCCCCCC. The molecule has 0 saturated carbocycles. The summed E-state index contributed by atoms with van der Waals surface area (Å²) in [5.41, 5.74) is 0. The van der Waals surface area contributed by atoms with Crippen LogP contribution in [0.3, 0.4) is 0 Å². The van der Waals surface area contributed by atoms with Gasteiger partial charge in [0.1, 0.15) is 0 Å².